The Labute approximate surface area is 142 Å². The van der Waals surface area contributed by atoms with E-state index in [1.807, 2.05) is 35.8 Å². The van der Waals surface area contributed by atoms with Crippen molar-refractivity contribution < 1.29 is 9.47 Å². The molecule has 2 heterocycles. The lowest BCUT2D eigenvalue weighted by molar-refractivity contribution is 0.356. The van der Waals surface area contributed by atoms with Crippen molar-refractivity contribution in [2.75, 3.05) is 19.5 Å². The first-order valence-corrected chi connectivity index (χ1v) is 8.13. The third-order valence-corrected chi connectivity index (χ3v) is 4.54. The van der Waals surface area contributed by atoms with E-state index in [0.29, 0.717) is 17.3 Å². The molecule has 0 aliphatic heterocycles. The quantitative estimate of drug-likeness (QED) is 0.606. The molecule has 0 saturated heterocycles. The second-order valence-electron chi connectivity index (χ2n) is 5.11. The molecule has 0 unspecified atom stereocenters. The van der Waals surface area contributed by atoms with Crippen LogP contribution in [0.25, 0.3) is 21.1 Å². The van der Waals surface area contributed by atoms with Crippen LogP contribution in [0.4, 0.5) is 11.5 Å². The van der Waals surface area contributed by atoms with Gasteiger partial charge < -0.3 is 14.8 Å². The van der Waals surface area contributed by atoms with Gasteiger partial charge in [-0.2, -0.15) is 0 Å². The second-order valence-corrected chi connectivity index (χ2v) is 5.99. The summed E-state index contributed by atoms with van der Waals surface area (Å²) in [6, 6.07) is 9.76. The van der Waals surface area contributed by atoms with Crippen LogP contribution in [0, 0.1) is 0 Å². The molecule has 0 aliphatic carbocycles. The lowest BCUT2D eigenvalue weighted by atomic mass is 10.2. The highest BCUT2D eigenvalue weighted by Crippen LogP contribution is 2.34. The van der Waals surface area contributed by atoms with Gasteiger partial charge in [0.1, 0.15) is 12.1 Å². The van der Waals surface area contributed by atoms with Crippen molar-refractivity contribution in [3.63, 3.8) is 0 Å². The number of nitrogens with one attached hydrogen (secondary N) is 1. The van der Waals surface area contributed by atoms with Gasteiger partial charge in [-0.15, -0.1) is 11.3 Å². The third kappa shape index (κ3) is 2.48. The van der Waals surface area contributed by atoms with Gasteiger partial charge in [-0.3, -0.25) is 0 Å². The average Bonchev–Trinajstić information content (AvgIpc) is 3.08. The zero-order valence-electron chi connectivity index (χ0n) is 13.1. The maximum Gasteiger partial charge on any atom is 0.162 e. The molecule has 120 valence electrons. The molecule has 7 heteroatoms. The van der Waals surface area contributed by atoms with Crippen molar-refractivity contribution in [2.24, 2.45) is 0 Å². The minimum absolute atomic E-state index is 0.637. The zero-order chi connectivity index (χ0) is 16.5. The number of hydrogen-bond acceptors (Lipinski definition) is 7. The van der Waals surface area contributed by atoms with Crippen molar-refractivity contribution in [1.29, 1.82) is 0 Å². The number of thiazole rings is 1. The largest absolute Gasteiger partial charge is 0.493 e. The fourth-order valence-electron chi connectivity index (χ4n) is 2.56. The normalized spacial score (nSPS) is 10.9. The van der Waals surface area contributed by atoms with E-state index in [0.717, 1.165) is 26.8 Å². The van der Waals surface area contributed by atoms with Crippen molar-refractivity contribution in [1.82, 2.24) is 15.0 Å². The van der Waals surface area contributed by atoms with Crippen LogP contribution in [-0.4, -0.2) is 29.2 Å². The monoisotopic (exact) mass is 338 g/mol. The summed E-state index contributed by atoms with van der Waals surface area (Å²) in [6.45, 7) is 0. The molecule has 24 heavy (non-hydrogen) atoms. The number of nitrogens with zero attached hydrogens (tertiary/aromatic N) is 3. The molecule has 2 aromatic heterocycles. The second kappa shape index (κ2) is 5.93. The molecule has 6 nitrogen and oxygen atoms in total. The molecule has 4 aromatic rings. The van der Waals surface area contributed by atoms with Gasteiger partial charge >= 0.3 is 0 Å². The van der Waals surface area contributed by atoms with E-state index in [-0.39, 0.29) is 0 Å². The fraction of sp³-hybridized carbons (Fsp3) is 0.118. The van der Waals surface area contributed by atoms with Crippen molar-refractivity contribution in [3.8, 4) is 11.5 Å². The summed E-state index contributed by atoms with van der Waals surface area (Å²) in [6.07, 6.45) is 1.53. The van der Waals surface area contributed by atoms with Crippen LogP contribution in [0.2, 0.25) is 0 Å². The Morgan fingerprint density at radius 3 is 2.58 bits per heavy atom. The van der Waals surface area contributed by atoms with Crippen LogP contribution >= 0.6 is 11.3 Å². The van der Waals surface area contributed by atoms with Crippen LogP contribution in [0.3, 0.4) is 0 Å². The first-order valence-electron chi connectivity index (χ1n) is 7.25. The minimum Gasteiger partial charge on any atom is -0.493 e. The summed E-state index contributed by atoms with van der Waals surface area (Å²) in [7, 11) is 3.21. The molecule has 0 radical (unpaired) electrons. The van der Waals surface area contributed by atoms with Crippen molar-refractivity contribution in [2.45, 2.75) is 0 Å². The summed E-state index contributed by atoms with van der Waals surface area (Å²) in [5.41, 5.74) is 4.50. The summed E-state index contributed by atoms with van der Waals surface area (Å²) >= 11 is 1.62. The van der Waals surface area contributed by atoms with Crippen molar-refractivity contribution in [3.05, 3.63) is 42.2 Å². The summed E-state index contributed by atoms with van der Waals surface area (Å²) in [5.74, 6) is 1.98. The Hall–Kier alpha value is -2.93. The van der Waals surface area contributed by atoms with E-state index in [2.05, 4.69) is 20.3 Å². The number of benzene rings is 2. The average molecular weight is 338 g/mol. The molecule has 0 atom stereocenters. The smallest absolute Gasteiger partial charge is 0.162 e. The van der Waals surface area contributed by atoms with Crippen LogP contribution in [0.15, 0.2) is 42.2 Å². The van der Waals surface area contributed by atoms with E-state index in [1.54, 1.807) is 25.6 Å². The highest BCUT2D eigenvalue weighted by molar-refractivity contribution is 7.16. The molecule has 4 rings (SSSR count). The Balaban J connectivity index is 1.80. The minimum atomic E-state index is 0.637. The molecular formula is C17H14N4O2S. The predicted octanol–water partition coefficient (Wildman–Crippen LogP) is 4.00. The topological polar surface area (TPSA) is 69.2 Å². The maximum atomic E-state index is 5.38. The third-order valence-electron chi connectivity index (χ3n) is 3.73. The fourth-order valence-corrected chi connectivity index (χ4v) is 3.21. The van der Waals surface area contributed by atoms with Gasteiger partial charge in [0.05, 0.1) is 35.5 Å². The van der Waals surface area contributed by atoms with Gasteiger partial charge in [-0.25, -0.2) is 15.0 Å². The van der Waals surface area contributed by atoms with Crippen LogP contribution < -0.4 is 14.8 Å². The van der Waals surface area contributed by atoms with E-state index in [1.165, 1.54) is 6.33 Å². The number of fused-ring (bicyclic) bond motifs is 2. The van der Waals surface area contributed by atoms with Crippen LogP contribution in [0.1, 0.15) is 0 Å². The molecule has 0 fully saturated rings. The number of aromatic nitrogens is 3. The van der Waals surface area contributed by atoms with Gasteiger partial charge in [-0.1, -0.05) is 0 Å². The number of methoxy groups -OCH3 is 2. The Kier molecular flexibility index (Phi) is 3.62. The lowest BCUT2D eigenvalue weighted by Crippen LogP contribution is -1.98. The Bertz CT molecular complexity index is 1030. The lowest BCUT2D eigenvalue weighted by Gasteiger charge is -2.12. The van der Waals surface area contributed by atoms with Gasteiger partial charge in [0, 0.05) is 17.1 Å². The molecule has 0 saturated carbocycles. The first kappa shape index (κ1) is 14.6. The summed E-state index contributed by atoms with van der Waals surface area (Å²) in [5, 5.41) is 4.19. The molecule has 1 N–H and O–H groups in total. The Morgan fingerprint density at radius 1 is 0.917 bits per heavy atom. The molecule has 2 aromatic carbocycles. The summed E-state index contributed by atoms with van der Waals surface area (Å²) < 4.78 is 11.9. The van der Waals surface area contributed by atoms with Gasteiger partial charge in [-0.05, 0) is 24.3 Å². The molecule has 0 bridgehead atoms. The van der Waals surface area contributed by atoms with Gasteiger partial charge in [0.25, 0.3) is 0 Å². The first-order chi connectivity index (χ1) is 11.8. The number of anilines is 2. The summed E-state index contributed by atoms with van der Waals surface area (Å²) in [4.78, 5) is 13.0. The maximum absolute atomic E-state index is 5.38. The van der Waals surface area contributed by atoms with Gasteiger partial charge in [0.2, 0.25) is 0 Å². The highest BCUT2D eigenvalue weighted by atomic mass is 32.1. The van der Waals surface area contributed by atoms with E-state index < -0.39 is 0 Å². The SMILES string of the molecule is COc1cc2ncnc(Nc3ccc4scnc4c3)c2cc1OC. The molecule has 0 spiro atoms. The van der Waals surface area contributed by atoms with Crippen LogP contribution in [0.5, 0.6) is 11.5 Å². The zero-order valence-corrected chi connectivity index (χ0v) is 13.9. The standard InChI is InChI=1S/C17H14N4O2S/c1-22-14-6-11-12(7-15(14)23-2)18-8-19-17(11)21-10-3-4-16-13(5-10)20-9-24-16/h3-9H,1-2H3,(H,18,19,21). The van der Waals surface area contributed by atoms with E-state index >= 15 is 0 Å². The number of rotatable bonds is 4. The molecule has 0 aliphatic rings. The Morgan fingerprint density at radius 2 is 1.75 bits per heavy atom. The van der Waals surface area contributed by atoms with E-state index in [9.17, 15) is 0 Å². The predicted molar refractivity (Wildman–Crippen MR) is 95.5 cm³/mol. The van der Waals surface area contributed by atoms with E-state index in [4.69, 9.17) is 9.47 Å². The van der Waals surface area contributed by atoms with Gasteiger partial charge in [0.15, 0.2) is 11.5 Å². The van der Waals surface area contributed by atoms with Crippen LogP contribution in [-0.2, 0) is 0 Å². The van der Waals surface area contributed by atoms with Crippen molar-refractivity contribution >= 4 is 44.0 Å². The molecular weight excluding hydrogens is 324 g/mol. The highest BCUT2D eigenvalue weighted by Gasteiger charge is 2.11. The number of hydrogen-bond donors (Lipinski definition) is 1. The number of ether oxygens (including phenoxy) is 2. The molecule has 0 amide bonds.